The molecule has 0 aliphatic carbocycles. The first-order chi connectivity index (χ1) is 17.9. The summed E-state index contributed by atoms with van der Waals surface area (Å²) < 4.78 is 28.6. The van der Waals surface area contributed by atoms with Crippen molar-refractivity contribution >= 4 is 23.4 Å². The van der Waals surface area contributed by atoms with Gasteiger partial charge in [0.1, 0.15) is 31.0 Å². The van der Waals surface area contributed by atoms with Crippen molar-refractivity contribution in [1.82, 2.24) is 0 Å². The molecular weight excluding hydrogens is 488 g/mol. The molecule has 0 amide bonds. The van der Waals surface area contributed by atoms with Crippen molar-refractivity contribution in [1.29, 1.82) is 0 Å². The van der Waals surface area contributed by atoms with Gasteiger partial charge < -0.3 is 28.8 Å². The molecule has 4 atom stereocenters. The lowest BCUT2D eigenvalue weighted by Gasteiger charge is -2.26. The molecule has 8 heteroatoms. The molecule has 2 aromatic carbocycles. The van der Waals surface area contributed by atoms with Gasteiger partial charge in [0, 0.05) is 17.2 Å². The summed E-state index contributed by atoms with van der Waals surface area (Å²) in [4.78, 5) is 25.0. The van der Waals surface area contributed by atoms with Crippen molar-refractivity contribution in [3.63, 3.8) is 0 Å². The number of ether oxygens (including phenoxy) is 5. The Morgan fingerprint density at radius 2 is 1.68 bits per heavy atom. The fraction of sp³-hybridized carbons (Fsp3) is 0.400. The van der Waals surface area contributed by atoms with Crippen LogP contribution in [-0.4, -0.2) is 66.1 Å². The highest BCUT2D eigenvalue weighted by Gasteiger charge is 2.52. The molecular formula is C30H34O8. The van der Waals surface area contributed by atoms with Gasteiger partial charge in [-0.1, -0.05) is 61.2 Å². The lowest BCUT2D eigenvalue weighted by atomic mass is 9.97. The Labute approximate surface area is 222 Å². The number of aliphatic hydroxyl groups is 1. The molecule has 1 N–H and O–H groups in total. The van der Waals surface area contributed by atoms with E-state index in [-0.39, 0.29) is 12.4 Å². The van der Waals surface area contributed by atoms with Crippen LogP contribution < -0.4 is 0 Å². The zero-order chi connectivity index (χ0) is 27.5. The highest BCUT2D eigenvalue weighted by atomic mass is 16.8. The Balaban J connectivity index is 1.30. The van der Waals surface area contributed by atoms with Crippen LogP contribution in [-0.2, 0) is 28.5 Å². The molecule has 0 unspecified atom stereocenters. The Hall–Kier alpha value is -3.14. The van der Waals surface area contributed by atoms with E-state index in [4.69, 9.17) is 23.7 Å². The molecule has 2 aliphatic rings. The van der Waals surface area contributed by atoms with Gasteiger partial charge in [-0.05, 0) is 44.9 Å². The van der Waals surface area contributed by atoms with E-state index < -0.39 is 42.0 Å². The molecule has 2 heterocycles. The van der Waals surface area contributed by atoms with E-state index in [1.165, 1.54) is 6.08 Å². The third-order valence-electron chi connectivity index (χ3n) is 6.32. The number of carbonyl (C=O) groups excluding carboxylic acids is 2. The maximum atomic E-state index is 12.7. The predicted molar refractivity (Wildman–Crippen MR) is 141 cm³/mol. The van der Waals surface area contributed by atoms with E-state index in [0.29, 0.717) is 23.3 Å². The lowest BCUT2D eigenvalue weighted by molar-refractivity contribution is -0.175. The maximum Gasteiger partial charge on any atom is 0.330 e. The SMILES string of the molecule is C=C(C(=O)c1ccc(C=CC(=O)OC[C@H](O)[C@H]2OC(C)(C)O[C@H]2[C@H]2COC(C)(C)O2)cc1)c1ccccc1. The first-order valence-corrected chi connectivity index (χ1v) is 12.5. The number of allylic oxidation sites excluding steroid dienone is 1. The average Bonchev–Trinajstić information content (AvgIpc) is 3.43. The van der Waals surface area contributed by atoms with Crippen molar-refractivity contribution in [2.24, 2.45) is 0 Å². The van der Waals surface area contributed by atoms with Crippen LogP contribution >= 0.6 is 0 Å². The number of Topliss-reactive ketones (excluding diaryl/α,β-unsaturated/α-hetero) is 1. The quantitative estimate of drug-likeness (QED) is 0.298. The molecule has 4 rings (SSSR count). The van der Waals surface area contributed by atoms with Crippen molar-refractivity contribution in [2.75, 3.05) is 13.2 Å². The van der Waals surface area contributed by atoms with Crippen molar-refractivity contribution < 1.29 is 38.4 Å². The van der Waals surface area contributed by atoms with Crippen molar-refractivity contribution in [3.8, 4) is 0 Å². The molecule has 8 nitrogen and oxygen atoms in total. The lowest BCUT2D eigenvalue weighted by Crippen LogP contribution is -2.45. The zero-order valence-corrected chi connectivity index (χ0v) is 22.1. The van der Waals surface area contributed by atoms with Gasteiger partial charge >= 0.3 is 5.97 Å². The monoisotopic (exact) mass is 522 g/mol. The minimum Gasteiger partial charge on any atom is -0.460 e. The fourth-order valence-corrected chi connectivity index (χ4v) is 4.44. The van der Waals surface area contributed by atoms with Gasteiger partial charge in [-0.15, -0.1) is 0 Å². The summed E-state index contributed by atoms with van der Waals surface area (Å²) in [5.74, 6) is -2.48. The molecule has 0 saturated carbocycles. The molecule has 0 aromatic heterocycles. The van der Waals surface area contributed by atoms with E-state index in [1.807, 2.05) is 30.3 Å². The van der Waals surface area contributed by atoms with Gasteiger partial charge in [0.25, 0.3) is 0 Å². The highest BCUT2D eigenvalue weighted by Crippen LogP contribution is 2.36. The third kappa shape index (κ3) is 6.83. The summed E-state index contributed by atoms with van der Waals surface area (Å²) in [7, 11) is 0. The largest absolute Gasteiger partial charge is 0.460 e. The van der Waals surface area contributed by atoms with Crippen molar-refractivity contribution in [2.45, 2.75) is 63.7 Å². The van der Waals surface area contributed by atoms with Crippen LogP contribution in [0.4, 0.5) is 0 Å². The molecule has 0 spiro atoms. The number of carbonyl (C=O) groups is 2. The molecule has 0 radical (unpaired) electrons. The van der Waals surface area contributed by atoms with Crippen LogP contribution in [0.15, 0.2) is 67.3 Å². The molecule has 2 fully saturated rings. The highest BCUT2D eigenvalue weighted by molar-refractivity contribution is 6.28. The fourth-order valence-electron chi connectivity index (χ4n) is 4.44. The molecule has 38 heavy (non-hydrogen) atoms. The molecule has 202 valence electrons. The van der Waals surface area contributed by atoms with E-state index in [0.717, 1.165) is 5.56 Å². The van der Waals surface area contributed by atoms with Crippen LogP contribution in [0.2, 0.25) is 0 Å². The van der Waals surface area contributed by atoms with Crippen LogP contribution in [0.25, 0.3) is 11.6 Å². The normalized spacial score (nSPS) is 24.8. The average molecular weight is 523 g/mol. The summed E-state index contributed by atoms with van der Waals surface area (Å²) in [6.07, 6.45) is -0.0792. The molecule has 0 bridgehead atoms. The van der Waals surface area contributed by atoms with Crippen LogP contribution in [0.5, 0.6) is 0 Å². The van der Waals surface area contributed by atoms with Crippen LogP contribution in [0, 0.1) is 0 Å². The van der Waals surface area contributed by atoms with Gasteiger partial charge in [-0.2, -0.15) is 0 Å². The molecule has 2 aromatic rings. The number of ketones is 1. The summed E-state index contributed by atoms with van der Waals surface area (Å²) >= 11 is 0. The van der Waals surface area contributed by atoms with E-state index in [1.54, 1.807) is 58.0 Å². The first-order valence-electron chi connectivity index (χ1n) is 12.5. The number of hydrogen-bond acceptors (Lipinski definition) is 8. The van der Waals surface area contributed by atoms with Crippen LogP contribution in [0.3, 0.4) is 0 Å². The minimum atomic E-state index is -1.13. The third-order valence-corrected chi connectivity index (χ3v) is 6.32. The number of hydrogen-bond donors (Lipinski definition) is 1. The van der Waals surface area contributed by atoms with E-state index in [2.05, 4.69) is 6.58 Å². The Bertz CT molecular complexity index is 1180. The second-order valence-electron chi connectivity index (χ2n) is 10.3. The second kappa shape index (κ2) is 11.3. The van der Waals surface area contributed by atoms with Crippen LogP contribution in [0.1, 0.15) is 49.2 Å². The van der Waals surface area contributed by atoms with Crippen molar-refractivity contribution in [3.05, 3.63) is 83.9 Å². The number of aliphatic hydroxyl groups excluding tert-OH is 1. The van der Waals surface area contributed by atoms with Gasteiger partial charge in [0.2, 0.25) is 0 Å². The molecule has 2 aliphatic heterocycles. The Morgan fingerprint density at radius 3 is 2.32 bits per heavy atom. The second-order valence-corrected chi connectivity index (χ2v) is 10.3. The number of esters is 1. The zero-order valence-electron chi connectivity index (χ0n) is 22.1. The summed E-state index contributed by atoms with van der Waals surface area (Å²) in [5, 5.41) is 10.7. The molecule has 2 saturated heterocycles. The summed E-state index contributed by atoms with van der Waals surface area (Å²) in [6.45, 7) is 11.0. The van der Waals surface area contributed by atoms with E-state index in [9.17, 15) is 14.7 Å². The minimum absolute atomic E-state index is 0.169. The number of benzene rings is 2. The summed E-state index contributed by atoms with van der Waals surface area (Å²) in [5.41, 5.74) is 2.38. The predicted octanol–water partition coefficient (Wildman–Crippen LogP) is 4.17. The van der Waals surface area contributed by atoms with Gasteiger partial charge in [-0.3, -0.25) is 4.79 Å². The van der Waals surface area contributed by atoms with Gasteiger partial charge in [-0.25, -0.2) is 4.79 Å². The van der Waals surface area contributed by atoms with Gasteiger partial charge in [0.05, 0.1) is 6.61 Å². The standard InChI is InChI=1S/C30H34O8/c1-19(21-9-7-6-8-10-21)26(33)22-14-11-20(12-15-22)13-16-25(32)34-17-23(31)27-28(38-30(4,5)37-27)24-18-35-29(2,3)36-24/h6-16,23-24,27-28,31H,1,17-18H2,2-5H3/t23-,24+,27+,28-/m0/s1. The summed E-state index contributed by atoms with van der Waals surface area (Å²) in [6, 6.07) is 16.1. The smallest absolute Gasteiger partial charge is 0.330 e. The maximum absolute atomic E-state index is 12.7. The topological polar surface area (TPSA) is 101 Å². The number of rotatable bonds is 9. The van der Waals surface area contributed by atoms with E-state index >= 15 is 0 Å². The van der Waals surface area contributed by atoms with Gasteiger partial charge in [0.15, 0.2) is 17.4 Å². The first kappa shape index (κ1) is 27.9. The Morgan fingerprint density at radius 1 is 1.00 bits per heavy atom. The Kier molecular flexibility index (Phi) is 8.30.